The molecule has 0 aliphatic carbocycles. The largest absolute Gasteiger partial charge is 0.480 e. The zero-order chi connectivity index (χ0) is 18.0. The van der Waals surface area contributed by atoms with Crippen LogP contribution in [0.1, 0.15) is 28.9 Å². The number of carbonyl (C=O) groups is 2. The summed E-state index contributed by atoms with van der Waals surface area (Å²) in [6.45, 7) is 1.75. The van der Waals surface area contributed by atoms with Crippen molar-refractivity contribution in [2.45, 2.75) is 25.3 Å². The van der Waals surface area contributed by atoms with E-state index in [2.05, 4.69) is 10.4 Å². The Hall–Kier alpha value is -2.35. The minimum absolute atomic E-state index is 0.127. The van der Waals surface area contributed by atoms with Gasteiger partial charge in [-0.25, -0.2) is 13.9 Å². The monoisotopic (exact) mass is 363 g/mol. The topological polar surface area (TPSA) is 84.2 Å². The molecule has 0 atom stereocenters. The first-order valence-electron chi connectivity index (χ1n) is 7.87. The van der Waals surface area contributed by atoms with Gasteiger partial charge >= 0.3 is 5.97 Å². The van der Waals surface area contributed by atoms with Crippen molar-refractivity contribution in [1.82, 2.24) is 15.1 Å². The summed E-state index contributed by atoms with van der Waals surface area (Å²) in [5.74, 6) is -0.501. The van der Waals surface area contributed by atoms with Gasteiger partial charge in [-0.1, -0.05) is 0 Å². The maximum Gasteiger partial charge on any atom is 0.329 e. The van der Waals surface area contributed by atoms with Crippen LogP contribution in [0.15, 0.2) is 30.5 Å². The molecule has 0 unspecified atom stereocenters. The Morgan fingerprint density at radius 2 is 2.04 bits per heavy atom. The minimum atomic E-state index is -1.24. The van der Waals surface area contributed by atoms with E-state index in [4.69, 9.17) is 0 Å². The van der Waals surface area contributed by atoms with Gasteiger partial charge in [-0.05, 0) is 61.1 Å². The van der Waals surface area contributed by atoms with Gasteiger partial charge in [0.25, 0.3) is 5.91 Å². The summed E-state index contributed by atoms with van der Waals surface area (Å²) in [7, 11) is 0. The zero-order valence-electron chi connectivity index (χ0n) is 13.7. The summed E-state index contributed by atoms with van der Waals surface area (Å²) in [6.07, 6.45) is 2.37. The molecule has 132 valence electrons. The smallest absolute Gasteiger partial charge is 0.329 e. The molecule has 2 heterocycles. The van der Waals surface area contributed by atoms with Crippen LogP contribution in [0, 0.1) is 12.7 Å². The molecule has 1 aliphatic heterocycles. The fourth-order valence-electron chi connectivity index (χ4n) is 2.85. The molecule has 0 bridgehead atoms. The number of aryl methyl sites for hydroxylation is 1. The van der Waals surface area contributed by atoms with Gasteiger partial charge in [0.2, 0.25) is 0 Å². The van der Waals surface area contributed by atoms with Crippen LogP contribution >= 0.6 is 11.8 Å². The Labute approximate surface area is 148 Å². The highest BCUT2D eigenvalue weighted by atomic mass is 32.2. The van der Waals surface area contributed by atoms with Crippen LogP contribution in [0.2, 0.25) is 0 Å². The highest BCUT2D eigenvalue weighted by Crippen LogP contribution is 2.27. The molecule has 6 nitrogen and oxygen atoms in total. The van der Waals surface area contributed by atoms with Crippen LogP contribution < -0.4 is 5.32 Å². The Morgan fingerprint density at radius 1 is 1.32 bits per heavy atom. The standard InChI is InChI=1S/C17H18FN3O3S/c1-11-10-12(18)2-3-14(11)21-7-4-13(20-21)15(22)19-17(16(23)24)5-8-25-9-6-17/h2-4,7,10H,5-6,8-9H2,1H3,(H,19,22)(H,23,24). The summed E-state index contributed by atoms with van der Waals surface area (Å²) in [6, 6.07) is 5.81. The Morgan fingerprint density at radius 3 is 2.68 bits per heavy atom. The Bertz CT molecular complexity index is 815. The van der Waals surface area contributed by atoms with E-state index in [9.17, 15) is 19.1 Å². The fourth-order valence-corrected chi connectivity index (χ4v) is 4.04. The van der Waals surface area contributed by atoms with Gasteiger partial charge < -0.3 is 10.4 Å². The number of aromatic nitrogens is 2. The quantitative estimate of drug-likeness (QED) is 0.871. The molecule has 25 heavy (non-hydrogen) atoms. The van der Waals surface area contributed by atoms with E-state index < -0.39 is 17.4 Å². The third kappa shape index (κ3) is 3.53. The SMILES string of the molecule is Cc1cc(F)ccc1-n1ccc(C(=O)NC2(C(=O)O)CCSCC2)n1. The molecule has 2 N–H and O–H groups in total. The van der Waals surface area contributed by atoms with Crippen molar-refractivity contribution in [2.24, 2.45) is 0 Å². The molecule has 8 heteroatoms. The number of carbonyl (C=O) groups excluding carboxylic acids is 1. The number of hydrogen-bond acceptors (Lipinski definition) is 4. The van der Waals surface area contributed by atoms with E-state index in [1.165, 1.54) is 22.9 Å². The van der Waals surface area contributed by atoms with Gasteiger partial charge in [0.15, 0.2) is 5.69 Å². The predicted molar refractivity (Wildman–Crippen MR) is 92.7 cm³/mol. The lowest BCUT2D eigenvalue weighted by Gasteiger charge is -2.33. The number of carboxylic acid groups (broad SMARTS) is 1. The molecule has 1 fully saturated rings. The second-order valence-corrected chi connectivity index (χ2v) is 7.25. The first-order valence-corrected chi connectivity index (χ1v) is 9.03. The van der Waals surface area contributed by atoms with Crippen LogP contribution in [-0.4, -0.2) is 43.8 Å². The van der Waals surface area contributed by atoms with Crippen LogP contribution in [0.5, 0.6) is 0 Å². The van der Waals surface area contributed by atoms with E-state index in [1.807, 2.05) is 0 Å². The molecular formula is C17H18FN3O3S. The molecule has 1 amide bonds. The number of amides is 1. The van der Waals surface area contributed by atoms with E-state index >= 15 is 0 Å². The number of nitrogens with zero attached hydrogens (tertiary/aromatic N) is 2. The molecule has 2 aromatic rings. The fraction of sp³-hybridized carbons (Fsp3) is 0.353. The number of nitrogens with one attached hydrogen (secondary N) is 1. The second-order valence-electron chi connectivity index (χ2n) is 6.03. The number of benzene rings is 1. The first-order chi connectivity index (χ1) is 11.9. The van der Waals surface area contributed by atoms with Crippen LogP contribution in [0.25, 0.3) is 5.69 Å². The van der Waals surface area contributed by atoms with Gasteiger partial charge in [-0.2, -0.15) is 16.9 Å². The van der Waals surface area contributed by atoms with Gasteiger partial charge in [-0.3, -0.25) is 4.79 Å². The molecule has 0 spiro atoms. The molecule has 1 saturated heterocycles. The van der Waals surface area contributed by atoms with Gasteiger partial charge in [0, 0.05) is 6.20 Å². The summed E-state index contributed by atoms with van der Waals surface area (Å²) in [5, 5.41) is 16.4. The zero-order valence-corrected chi connectivity index (χ0v) is 14.5. The average Bonchev–Trinajstić information content (AvgIpc) is 3.05. The van der Waals surface area contributed by atoms with Crippen molar-refractivity contribution in [1.29, 1.82) is 0 Å². The minimum Gasteiger partial charge on any atom is -0.480 e. The van der Waals surface area contributed by atoms with Crippen LogP contribution in [-0.2, 0) is 4.79 Å². The van der Waals surface area contributed by atoms with E-state index in [1.54, 1.807) is 30.9 Å². The second kappa shape index (κ2) is 6.87. The molecule has 0 saturated carbocycles. The lowest BCUT2D eigenvalue weighted by Crippen LogP contribution is -2.56. The van der Waals surface area contributed by atoms with Crippen LogP contribution in [0.4, 0.5) is 4.39 Å². The molecule has 0 radical (unpaired) electrons. The summed E-state index contributed by atoms with van der Waals surface area (Å²) < 4.78 is 14.7. The summed E-state index contributed by atoms with van der Waals surface area (Å²) in [4.78, 5) is 24.2. The van der Waals surface area contributed by atoms with Crippen molar-refractivity contribution < 1.29 is 19.1 Å². The number of thioether (sulfide) groups is 1. The predicted octanol–water partition coefficient (Wildman–Crippen LogP) is 2.40. The average molecular weight is 363 g/mol. The Kier molecular flexibility index (Phi) is 4.80. The van der Waals surface area contributed by atoms with Crippen molar-refractivity contribution in [3.05, 3.63) is 47.5 Å². The van der Waals surface area contributed by atoms with Crippen molar-refractivity contribution in [2.75, 3.05) is 11.5 Å². The summed E-state index contributed by atoms with van der Waals surface area (Å²) >= 11 is 1.68. The van der Waals surface area contributed by atoms with E-state index in [0.29, 0.717) is 35.6 Å². The third-order valence-electron chi connectivity index (χ3n) is 4.34. The molecular weight excluding hydrogens is 345 g/mol. The van der Waals surface area contributed by atoms with Crippen molar-refractivity contribution >= 4 is 23.6 Å². The first kappa shape index (κ1) is 17.5. The number of hydrogen-bond donors (Lipinski definition) is 2. The van der Waals surface area contributed by atoms with E-state index in [0.717, 1.165) is 0 Å². The number of halogens is 1. The highest BCUT2D eigenvalue weighted by molar-refractivity contribution is 7.99. The van der Waals surface area contributed by atoms with Gasteiger partial charge in [0.1, 0.15) is 11.4 Å². The lowest BCUT2D eigenvalue weighted by molar-refractivity contribution is -0.144. The normalized spacial score (nSPS) is 16.4. The number of rotatable bonds is 4. The molecule has 1 aromatic heterocycles. The molecule has 3 rings (SSSR count). The lowest BCUT2D eigenvalue weighted by atomic mass is 9.92. The number of aliphatic carboxylic acids is 1. The molecule has 1 aromatic carbocycles. The van der Waals surface area contributed by atoms with Crippen molar-refractivity contribution in [3.8, 4) is 5.69 Å². The van der Waals surface area contributed by atoms with Gasteiger partial charge in [0.05, 0.1) is 5.69 Å². The van der Waals surface area contributed by atoms with Gasteiger partial charge in [-0.15, -0.1) is 0 Å². The molecule has 1 aliphatic rings. The Balaban J connectivity index is 1.81. The summed E-state index contributed by atoms with van der Waals surface area (Å²) in [5.41, 5.74) is 0.226. The highest BCUT2D eigenvalue weighted by Gasteiger charge is 2.41. The maximum atomic E-state index is 13.2. The van der Waals surface area contributed by atoms with Crippen LogP contribution in [0.3, 0.4) is 0 Å². The maximum absolute atomic E-state index is 13.2. The van der Waals surface area contributed by atoms with Crippen molar-refractivity contribution in [3.63, 3.8) is 0 Å². The van der Waals surface area contributed by atoms with E-state index in [-0.39, 0.29) is 11.5 Å². The number of carboxylic acids is 1. The third-order valence-corrected chi connectivity index (χ3v) is 5.32.